The normalized spacial score (nSPS) is 18.0. The molecule has 0 spiro atoms. The van der Waals surface area contributed by atoms with Crippen molar-refractivity contribution in [3.8, 4) is 0 Å². The minimum Gasteiger partial charge on any atom is -0.382 e. The van der Waals surface area contributed by atoms with Gasteiger partial charge in [-0.2, -0.15) is 13.2 Å². The number of likely N-dealkylation sites (tertiary alicyclic amines) is 2. The molecule has 2 aromatic carbocycles. The highest BCUT2D eigenvalue weighted by Crippen LogP contribution is 2.41. The first kappa shape index (κ1) is 31.8. The molecular weight excluding hydrogens is 569 g/mol. The standard InChI is InChI=1S/C31H42ClF3N4OS/c1-30(2,3)22-6-8-23(9-7-22)36-24-12-17-38(18-13-24)16-4-5-29(40)39-19-14-25(15-20-39)37-26-10-11-27(32)28(21-26)41-31(33,34)35/h6-11,21,24-25,36-37H,4-5,12-20H2,1-3H3. The van der Waals surface area contributed by atoms with E-state index >= 15 is 0 Å². The van der Waals surface area contributed by atoms with Gasteiger partial charge in [-0.15, -0.1) is 0 Å². The van der Waals surface area contributed by atoms with Crippen molar-refractivity contribution in [2.45, 2.75) is 87.2 Å². The first-order chi connectivity index (χ1) is 19.4. The molecule has 2 N–H and O–H groups in total. The second kappa shape index (κ2) is 13.9. The molecular formula is C31H42ClF3N4OS. The fourth-order valence-electron chi connectivity index (χ4n) is 5.52. The van der Waals surface area contributed by atoms with Crippen molar-refractivity contribution in [1.82, 2.24) is 9.80 Å². The van der Waals surface area contributed by atoms with Crippen LogP contribution in [0.1, 0.15) is 64.9 Å². The van der Waals surface area contributed by atoms with Crippen LogP contribution in [0.15, 0.2) is 47.4 Å². The van der Waals surface area contributed by atoms with Crippen molar-refractivity contribution in [3.05, 3.63) is 53.1 Å². The number of hydrogen-bond acceptors (Lipinski definition) is 5. The maximum absolute atomic E-state index is 12.8. The van der Waals surface area contributed by atoms with Crippen LogP contribution in [-0.2, 0) is 10.2 Å². The summed E-state index contributed by atoms with van der Waals surface area (Å²) in [7, 11) is 0. The third-order valence-corrected chi connectivity index (χ3v) is 9.18. The first-order valence-electron chi connectivity index (χ1n) is 14.5. The fourth-order valence-corrected chi connectivity index (χ4v) is 6.35. The van der Waals surface area contributed by atoms with Gasteiger partial charge in [0.1, 0.15) is 0 Å². The molecule has 0 aliphatic carbocycles. The quantitative estimate of drug-likeness (QED) is 0.282. The number of alkyl halides is 3. The largest absolute Gasteiger partial charge is 0.446 e. The lowest BCUT2D eigenvalue weighted by Crippen LogP contribution is -2.43. The second-order valence-electron chi connectivity index (χ2n) is 12.2. The van der Waals surface area contributed by atoms with E-state index in [4.69, 9.17) is 11.6 Å². The zero-order valence-corrected chi connectivity index (χ0v) is 25.8. The molecule has 226 valence electrons. The van der Waals surface area contributed by atoms with Crippen LogP contribution >= 0.6 is 23.4 Å². The Morgan fingerprint density at radius 1 is 0.902 bits per heavy atom. The van der Waals surface area contributed by atoms with Crippen molar-refractivity contribution in [2.75, 3.05) is 43.4 Å². The zero-order chi connectivity index (χ0) is 29.6. The van der Waals surface area contributed by atoms with E-state index in [1.165, 1.54) is 23.4 Å². The molecule has 2 heterocycles. The molecule has 0 saturated carbocycles. The molecule has 2 fully saturated rings. The van der Waals surface area contributed by atoms with Gasteiger partial charge in [-0.25, -0.2) is 0 Å². The number of carbonyl (C=O) groups is 1. The highest BCUT2D eigenvalue weighted by molar-refractivity contribution is 8.00. The summed E-state index contributed by atoms with van der Waals surface area (Å²) in [4.78, 5) is 17.2. The molecule has 4 rings (SSSR count). The number of thioether (sulfide) groups is 1. The van der Waals surface area contributed by atoms with Gasteiger partial charge in [-0.05, 0) is 91.7 Å². The number of rotatable bonds is 9. The molecule has 0 aromatic heterocycles. The van der Waals surface area contributed by atoms with Gasteiger partial charge in [0.25, 0.3) is 0 Å². The number of amides is 1. The number of hydrogen-bond donors (Lipinski definition) is 2. The summed E-state index contributed by atoms with van der Waals surface area (Å²) in [6.45, 7) is 11.0. The Bertz CT molecular complexity index is 1140. The minimum atomic E-state index is -4.39. The average molecular weight is 611 g/mol. The Balaban J connectivity index is 1.11. The van der Waals surface area contributed by atoms with Crippen LogP contribution in [-0.4, -0.2) is 66.0 Å². The number of benzene rings is 2. The topological polar surface area (TPSA) is 47.6 Å². The van der Waals surface area contributed by atoms with E-state index in [1.807, 2.05) is 4.90 Å². The average Bonchev–Trinajstić information content (AvgIpc) is 2.91. The van der Waals surface area contributed by atoms with Crippen molar-refractivity contribution < 1.29 is 18.0 Å². The van der Waals surface area contributed by atoms with Crippen molar-refractivity contribution >= 4 is 40.6 Å². The molecule has 2 aliphatic heterocycles. The predicted molar refractivity (Wildman–Crippen MR) is 164 cm³/mol. The molecule has 0 bridgehead atoms. The van der Waals surface area contributed by atoms with Crippen molar-refractivity contribution in [2.24, 2.45) is 0 Å². The third-order valence-electron chi connectivity index (χ3n) is 7.95. The van der Waals surface area contributed by atoms with E-state index in [0.29, 0.717) is 31.2 Å². The molecule has 2 aliphatic rings. The van der Waals surface area contributed by atoms with Gasteiger partial charge in [0.15, 0.2) is 0 Å². The highest BCUT2D eigenvalue weighted by Gasteiger charge is 2.31. The Hall–Kier alpha value is -2.10. The maximum atomic E-state index is 12.8. The molecule has 2 aromatic rings. The monoisotopic (exact) mass is 610 g/mol. The van der Waals surface area contributed by atoms with Crippen LogP contribution in [0.3, 0.4) is 0 Å². The summed E-state index contributed by atoms with van der Waals surface area (Å²) in [6.07, 6.45) is 5.11. The van der Waals surface area contributed by atoms with Gasteiger partial charge in [0.2, 0.25) is 5.91 Å². The summed E-state index contributed by atoms with van der Waals surface area (Å²) in [5, 5.41) is 7.09. The van der Waals surface area contributed by atoms with E-state index in [2.05, 4.69) is 60.6 Å². The van der Waals surface area contributed by atoms with E-state index in [1.54, 1.807) is 6.07 Å². The number of anilines is 2. The van der Waals surface area contributed by atoms with Crippen molar-refractivity contribution in [1.29, 1.82) is 0 Å². The zero-order valence-electron chi connectivity index (χ0n) is 24.2. The highest BCUT2D eigenvalue weighted by atomic mass is 35.5. The van der Waals surface area contributed by atoms with E-state index < -0.39 is 5.51 Å². The molecule has 2 saturated heterocycles. The number of nitrogens with zero attached hydrogens (tertiary/aromatic N) is 2. The minimum absolute atomic E-state index is 0.0110. The molecule has 10 heteroatoms. The van der Waals surface area contributed by atoms with Gasteiger partial charge in [0, 0.05) is 61.0 Å². The predicted octanol–water partition coefficient (Wildman–Crippen LogP) is 8.01. The number of piperidine rings is 2. The van der Waals surface area contributed by atoms with Crippen LogP contribution in [0, 0.1) is 0 Å². The summed E-state index contributed by atoms with van der Waals surface area (Å²) in [5.41, 5.74) is -1.10. The fraction of sp³-hybridized carbons (Fsp3) is 0.581. The molecule has 5 nitrogen and oxygen atoms in total. The van der Waals surface area contributed by atoms with Crippen molar-refractivity contribution in [3.63, 3.8) is 0 Å². The van der Waals surface area contributed by atoms with Gasteiger partial charge in [0.05, 0.1) is 5.02 Å². The number of halogens is 4. The molecule has 1 amide bonds. The third kappa shape index (κ3) is 10.00. The number of carbonyl (C=O) groups excluding carboxylic acids is 1. The lowest BCUT2D eigenvalue weighted by atomic mass is 9.87. The van der Waals surface area contributed by atoms with Crippen LogP contribution in [0.5, 0.6) is 0 Å². The SMILES string of the molecule is CC(C)(C)c1ccc(NC2CCN(CCCC(=O)N3CCC(Nc4ccc(Cl)c(SC(F)(F)F)c4)CC3)CC2)cc1. The Kier molecular flexibility index (Phi) is 10.8. The smallest absolute Gasteiger partial charge is 0.382 e. The summed E-state index contributed by atoms with van der Waals surface area (Å²) < 4.78 is 38.4. The lowest BCUT2D eigenvalue weighted by Gasteiger charge is -2.34. The van der Waals surface area contributed by atoms with Gasteiger partial charge in [-0.3, -0.25) is 4.79 Å². The lowest BCUT2D eigenvalue weighted by molar-refractivity contribution is -0.132. The van der Waals surface area contributed by atoms with Crippen LogP contribution in [0.25, 0.3) is 0 Å². The maximum Gasteiger partial charge on any atom is 0.446 e. The molecule has 0 radical (unpaired) electrons. The Morgan fingerprint density at radius 2 is 1.46 bits per heavy atom. The van der Waals surface area contributed by atoms with Crippen LogP contribution < -0.4 is 10.6 Å². The number of nitrogens with one attached hydrogen (secondary N) is 2. The van der Waals surface area contributed by atoms with Gasteiger partial charge >= 0.3 is 5.51 Å². The van der Waals surface area contributed by atoms with Crippen LogP contribution in [0.4, 0.5) is 24.5 Å². The van der Waals surface area contributed by atoms with Crippen LogP contribution in [0.2, 0.25) is 5.02 Å². The van der Waals surface area contributed by atoms with Gasteiger partial charge < -0.3 is 20.4 Å². The van der Waals surface area contributed by atoms with E-state index in [9.17, 15) is 18.0 Å². The summed E-state index contributed by atoms with van der Waals surface area (Å²) >= 11 is 5.74. The Labute approximate surface area is 251 Å². The Morgan fingerprint density at radius 3 is 2.05 bits per heavy atom. The molecule has 41 heavy (non-hydrogen) atoms. The van der Waals surface area contributed by atoms with E-state index in [-0.39, 0.29) is 39.0 Å². The summed E-state index contributed by atoms with van der Waals surface area (Å²) in [6, 6.07) is 14.0. The summed E-state index contributed by atoms with van der Waals surface area (Å²) in [5.74, 6) is 0.189. The molecule has 0 unspecified atom stereocenters. The first-order valence-corrected chi connectivity index (χ1v) is 15.7. The van der Waals surface area contributed by atoms with Gasteiger partial charge in [-0.1, -0.05) is 44.5 Å². The van der Waals surface area contributed by atoms with E-state index in [0.717, 1.165) is 51.7 Å². The second-order valence-corrected chi connectivity index (χ2v) is 13.7. The molecule has 0 atom stereocenters.